The molecule has 1 saturated heterocycles. The third-order valence-corrected chi connectivity index (χ3v) is 5.01. The summed E-state index contributed by atoms with van der Waals surface area (Å²) in [7, 11) is 0. The van der Waals surface area contributed by atoms with Gasteiger partial charge in [0.05, 0.1) is 5.69 Å². The van der Waals surface area contributed by atoms with E-state index in [-0.39, 0.29) is 18.4 Å². The fourth-order valence-electron chi connectivity index (χ4n) is 3.34. The number of benzene rings is 1. The Balaban J connectivity index is 1.55. The number of aromatic nitrogens is 2. The van der Waals surface area contributed by atoms with Crippen LogP contribution in [0, 0.1) is 0 Å². The Bertz CT molecular complexity index is 830. The van der Waals surface area contributed by atoms with E-state index in [1.807, 2.05) is 42.5 Å². The summed E-state index contributed by atoms with van der Waals surface area (Å²) in [5.41, 5.74) is 1.87. The van der Waals surface area contributed by atoms with Gasteiger partial charge in [0.2, 0.25) is 11.8 Å². The van der Waals surface area contributed by atoms with Crippen molar-refractivity contribution in [1.82, 2.24) is 20.0 Å². The SMILES string of the molecule is C=CCN(CC(=O)N1CCN(c2ccc(-c3ccccc3)nn2)CC1)C(=O)CC. The van der Waals surface area contributed by atoms with E-state index in [9.17, 15) is 9.59 Å². The fraction of sp³-hybridized carbons (Fsp3) is 0.364. The highest BCUT2D eigenvalue weighted by Gasteiger charge is 2.24. The summed E-state index contributed by atoms with van der Waals surface area (Å²) < 4.78 is 0. The highest BCUT2D eigenvalue weighted by Crippen LogP contribution is 2.19. The van der Waals surface area contributed by atoms with Crippen LogP contribution >= 0.6 is 0 Å². The van der Waals surface area contributed by atoms with Crippen LogP contribution in [0.1, 0.15) is 13.3 Å². The van der Waals surface area contributed by atoms with Crippen LogP contribution in [0.3, 0.4) is 0 Å². The van der Waals surface area contributed by atoms with E-state index in [0.717, 1.165) is 17.1 Å². The Hall–Kier alpha value is -3.22. The highest BCUT2D eigenvalue weighted by atomic mass is 16.2. The molecule has 1 aromatic heterocycles. The molecular formula is C22H27N5O2. The molecule has 7 heteroatoms. The number of carbonyl (C=O) groups excluding carboxylic acids is 2. The van der Waals surface area contributed by atoms with E-state index in [2.05, 4.69) is 21.7 Å². The quantitative estimate of drug-likeness (QED) is 0.675. The third kappa shape index (κ3) is 5.19. The summed E-state index contributed by atoms with van der Waals surface area (Å²) in [5.74, 6) is 0.746. The van der Waals surface area contributed by atoms with Gasteiger partial charge in [-0.05, 0) is 12.1 Å². The highest BCUT2D eigenvalue weighted by molar-refractivity contribution is 5.85. The number of hydrogen-bond acceptors (Lipinski definition) is 5. The summed E-state index contributed by atoms with van der Waals surface area (Å²) in [4.78, 5) is 30.1. The van der Waals surface area contributed by atoms with Crippen molar-refractivity contribution in [3.8, 4) is 11.3 Å². The topological polar surface area (TPSA) is 69.6 Å². The van der Waals surface area contributed by atoms with Gasteiger partial charge in [0, 0.05) is 44.7 Å². The Kier molecular flexibility index (Phi) is 6.94. The summed E-state index contributed by atoms with van der Waals surface area (Å²) in [6.45, 7) is 8.54. The van der Waals surface area contributed by atoms with E-state index >= 15 is 0 Å². The Morgan fingerprint density at radius 2 is 1.79 bits per heavy atom. The van der Waals surface area contributed by atoms with Crippen LogP contribution < -0.4 is 4.90 Å². The van der Waals surface area contributed by atoms with Crippen LogP contribution in [0.2, 0.25) is 0 Å². The van der Waals surface area contributed by atoms with Gasteiger partial charge < -0.3 is 14.7 Å². The van der Waals surface area contributed by atoms with Crippen molar-refractivity contribution < 1.29 is 9.59 Å². The number of hydrogen-bond donors (Lipinski definition) is 0. The zero-order valence-electron chi connectivity index (χ0n) is 16.8. The molecule has 7 nitrogen and oxygen atoms in total. The fourth-order valence-corrected chi connectivity index (χ4v) is 3.34. The minimum absolute atomic E-state index is 0.0289. The molecule has 2 aromatic rings. The molecule has 0 spiro atoms. The Morgan fingerprint density at radius 1 is 1.07 bits per heavy atom. The molecule has 1 aliphatic rings. The van der Waals surface area contributed by atoms with Gasteiger partial charge in [0.15, 0.2) is 5.82 Å². The predicted octanol–water partition coefficient (Wildman–Crippen LogP) is 2.22. The van der Waals surface area contributed by atoms with Crippen molar-refractivity contribution in [3.63, 3.8) is 0 Å². The van der Waals surface area contributed by atoms with Gasteiger partial charge in [-0.15, -0.1) is 16.8 Å². The third-order valence-electron chi connectivity index (χ3n) is 5.01. The molecule has 0 bridgehead atoms. The maximum Gasteiger partial charge on any atom is 0.242 e. The first-order valence-corrected chi connectivity index (χ1v) is 9.93. The number of anilines is 1. The molecule has 0 radical (unpaired) electrons. The second-order valence-electron chi connectivity index (χ2n) is 6.93. The van der Waals surface area contributed by atoms with Crippen molar-refractivity contribution in [2.24, 2.45) is 0 Å². The molecule has 152 valence electrons. The van der Waals surface area contributed by atoms with Crippen LogP contribution in [0.15, 0.2) is 55.1 Å². The molecule has 1 aromatic carbocycles. The van der Waals surface area contributed by atoms with E-state index in [1.54, 1.807) is 22.8 Å². The lowest BCUT2D eigenvalue weighted by Crippen LogP contribution is -2.52. The molecule has 0 unspecified atom stereocenters. The first-order chi connectivity index (χ1) is 14.1. The average molecular weight is 393 g/mol. The maximum absolute atomic E-state index is 12.6. The minimum Gasteiger partial charge on any atom is -0.352 e. The molecule has 29 heavy (non-hydrogen) atoms. The van der Waals surface area contributed by atoms with Crippen LogP contribution in [0.4, 0.5) is 5.82 Å². The van der Waals surface area contributed by atoms with Crippen molar-refractivity contribution in [2.75, 3.05) is 44.2 Å². The van der Waals surface area contributed by atoms with Crippen molar-refractivity contribution in [1.29, 1.82) is 0 Å². The second kappa shape index (κ2) is 9.82. The van der Waals surface area contributed by atoms with E-state index in [1.165, 1.54) is 0 Å². The lowest BCUT2D eigenvalue weighted by Gasteiger charge is -2.36. The van der Waals surface area contributed by atoms with Crippen molar-refractivity contribution >= 4 is 17.6 Å². The Labute approximate surface area is 171 Å². The van der Waals surface area contributed by atoms with Crippen LogP contribution in [0.25, 0.3) is 11.3 Å². The molecule has 2 amide bonds. The summed E-state index contributed by atoms with van der Waals surface area (Å²) in [5, 5.41) is 8.71. The van der Waals surface area contributed by atoms with Crippen LogP contribution in [0.5, 0.6) is 0 Å². The molecular weight excluding hydrogens is 366 g/mol. The summed E-state index contributed by atoms with van der Waals surface area (Å²) in [6, 6.07) is 13.9. The number of rotatable bonds is 7. The molecule has 0 N–H and O–H groups in total. The lowest BCUT2D eigenvalue weighted by molar-refractivity contribution is -0.140. The summed E-state index contributed by atoms with van der Waals surface area (Å²) >= 11 is 0. The zero-order valence-corrected chi connectivity index (χ0v) is 16.8. The molecule has 2 heterocycles. The number of nitrogens with zero attached hydrogens (tertiary/aromatic N) is 5. The molecule has 1 fully saturated rings. The largest absolute Gasteiger partial charge is 0.352 e. The molecule has 3 rings (SSSR count). The molecule has 0 atom stereocenters. The first-order valence-electron chi connectivity index (χ1n) is 9.93. The second-order valence-corrected chi connectivity index (χ2v) is 6.93. The van der Waals surface area contributed by atoms with Crippen molar-refractivity contribution in [2.45, 2.75) is 13.3 Å². The van der Waals surface area contributed by atoms with Gasteiger partial charge in [0.1, 0.15) is 6.54 Å². The van der Waals surface area contributed by atoms with Crippen molar-refractivity contribution in [3.05, 3.63) is 55.1 Å². The smallest absolute Gasteiger partial charge is 0.242 e. The van der Waals surface area contributed by atoms with Crippen LogP contribution in [-0.4, -0.2) is 71.1 Å². The molecule has 0 aliphatic carbocycles. The number of piperazine rings is 1. The van der Waals surface area contributed by atoms with Gasteiger partial charge in [-0.25, -0.2) is 0 Å². The van der Waals surface area contributed by atoms with Gasteiger partial charge in [-0.2, -0.15) is 0 Å². The maximum atomic E-state index is 12.6. The van der Waals surface area contributed by atoms with E-state index in [0.29, 0.717) is 39.1 Å². The number of carbonyl (C=O) groups is 2. The van der Waals surface area contributed by atoms with Gasteiger partial charge in [-0.3, -0.25) is 9.59 Å². The predicted molar refractivity (Wildman–Crippen MR) is 113 cm³/mol. The van der Waals surface area contributed by atoms with Gasteiger partial charge >= 0.3 is 0 Å². The van der Waals surface area contributed by atoms with Gasteiger partial charge in [0.25, 0.3) is 0 Å². The van der Waals surface area contributed by atoms with E-state index in [4.69, 9.17) is 0 Å². The first kappa shape index (κ1) is 20.5. The van der Waals surface area contributed by atoms with Gasteiger partial charge in [-0.1, -0.05) is 43.3 Å². The lowest BCUT2D eigenvalue weighted by atomic mass is 10.1. The zero-order chi connectivity index (χ0) is 20.6. The van der Waals surface area contributed by atoms with E-state index < -0.39 is 0 Å². The molecule has 1 aliphatic heterocycles. The average Bonchev–Trinajstić information content (AvgIpc) is 2.79. The standard InChI is InChI=1S/C22H27N5O2/c1-3-12-27(21(28)4-2)17-22(29)26-15-13-25(14-16-26)20-11-10-19(23-24-20)18-8-6-5-7-9-18/h3,5-11H,1,4,12-17H2,2H3. The summed E-state index contributed by atoms with van der Waals surface area (Å²) in [6.07, 6.45) is 2.03. The minimum atomic E-state index is -0.0364. The Morgan fingerprint density at radius 3 is 2.38 bits per heavy atom. The molecule has 0 saturated carbocycles. The van der Waals surface area contributed by atoms with Crippen LogP contribution in [-0.2, 0) is 9.59 Å². The normalized spacial score (nSPS) is 13.8. The monoisotopic (exact) mass is 393 g/mol. The number of amides is 2.